The van der Waals surface area contributed by atoms with E-state index < -0.39 is 0 Å². The highest BCUT2D eigenvalue weighted by Crippen LogP contribution is 2.35. The summed E-state index contributed by atoms with van der Waals surface area (Å²) in [4.78, 5) is 14.0. The highest BCUT2D eigenvalue weighted by atomic mass is 35.5. The van der Waals surface area contributed by atoms with Crippen LogP contribution < -0.4 is 14.4 Å². The third-order valence-corrected chi connectivity index (χ3v) is 4.30. The topological polar surface area (TPSA) is 38.8 Å². The summed E-state index contributed by atoms with van der Waals surface area (Å²) in [5.74, 6) is 1.92. The van der Waals surface area contributed by atoms with Gasteiger partial charge in [0, 0.05) is 11.9 Å². The lowest BCUT2D eigenvalue weighted by molar-refractivity contribution is -0.116. The fourth-order valence-corrected chi connectivity index (χ4v) is 2.85. The third-order valence-electron chi connectivity index (χ3n) is 4.06. The second-order valence-electron chi connectivity index (χ2n) is 5.98. The summed E-state index contributed by atoms with van der Waals surface area (Å²) in [7, 11) is 1.62. The van der Waals surface area contributed by atoms with Crippen molar-refractivity contribution in [2.75, 3.05) is 12.0 Å². The van der Waals surface area contributed by atoms with E-state index in [-0.39, 0.29) is 5.91 Å². The van der Waals surface area contributed by atoms with Crippen LogP contribution in [0.4, 0.5) is 5.69 Å². The lowest BCUT2D eigenvalue weighted by Crippen LogP contribution is -2.28. The van der Waals surface area contributed by atoms with Gasteiger partial charge in [-0.15, -0.1) is 0 Å². The van der Waals surface area contributed by atoms with Crippen LogP contribution in [0.3, 0.4) is 0 Å². The molecule has 27 heavy (non-hydrogen) atoms. The van der Waals surface area contributed by atoms with E-state index in [1.54, 1.807) is 30.2 Å². The lowest BCUT2D eigenvalue weighted by Gasteiger charge is -2.24. The van der Waals surface area contributed by atoms with Crippen LogP contribution in [-0.4, -0.2) is 13.0 Å². The molecule has 3 rings (SSSR count). The van der Waals surface area contributed by atoms with Gasteiger partial charge in [0.15, 0.2) is 5.75 Å². The highest BCUT2D eigenvalue weighted by molar-refractivity contribution is 6.31. The molecule has 0 aliphatic heterocycles. The van der Waals surface area contributed by atoms with Gasteiger partial charge in [-0.2, -0.15) is 0 Å². The van der Waals surface area contributed by atoms with Gasteiger partial charge >= 0.3 is 0 Å². The van der Waals surface area contributed by atoms with Crippen molar-refractivity contribution >= 4 is 23.2 Å². The minimum atomic E-state index is -0.106. The first-order chi connectivity index (χ1) is 13.1. The average molecular weight is 382 g/mol. The molecule has 0 bridgehead atoms. The van der Waals surface area contributed by atoms with E-state index >= 15 is 0 Å². The van der Waals surface area contributed by atoms with Crippen LogP contribution in [0, 0.1) is 0 Å². The van der Waals surface area contributed by atoms with Crippen LogP contribution in [0.2, 0.25) is 5.02 Å². The number of methoxy groups -OCH3 is 1. The van der Waals surface area contributed by atoms with E-state index in [2.05, 4.69) is 0 Å². The molecule has 4 nitrogen and oxygen atoms in total. The lowest BCUT2D eigenvalue weighted by atomic mass is 10.1. The van der Waals surface area contributed by atoms with Crippen LogP contribution in [0.1, 0.15) is 12.5 Å². The first kappa shape index (κ1) is 18.8. The van der Waals surface area contributed by atoms with Gasteiger partial charge in [0.1, 0.15) is 11.5 Å². The zero-order valence-corrected chi connectivity index (χ0v) is 15.9. The molecule has 3 aromatic carbocycles. The summed E-state index contributed by atoms with van der Waals surface area (Å²) < 4.78 is 11.2. The van der Waals surface area contributed by atoms with Crippen molar-refractivity contribution in [1.82, 2.24) is 0 Å². The van der Waals surface area contributed by atoms with Crippen molar-refractivity contribution < 1.29 is 14.3 Å². The molecule has 0 aliphatic rings. The quantitative estimate of drug-likeness (QED) is 0.550. The molecule has 3 aromatic rings. The zero-order chi connectivity index (χ0) is 19.2. The minimum absolute atomic E-state index is 0.106. The van der Waals surface area contributed by atoms with E-state index in [1.807, 2.05) is 54.6 Å². The second kappa shape index (κ2) is 8.60. The van der Waals surface area contributed by atoms with Crippen molar-refractivity contribution in [3.63, 3.8) is 0 Å². The predicted molar refractivity (Wildman–Crippen MR) is 108 cm³/mol. The summed E-state index contributed by atoms with van der Waals surface area (Å²) in [6.07, 6.45) is 0. The zero-order valence-electron chi connectivity index (χ0n) is 15.2. The van der Waals surface area contributed by atoms with Crippen molar-refractivity contribution in [2.24, 2.45) is 0 Å². The van der Waals surface area contributed by atoms with Crippen molar-refractivity contribution in [1.29, 1.82) is 0 Å². The summed E-state index contributed by atoms with van der Waals surface area (Å²) in [5, 5.41) is 0.534. The molecule has 0 saturated heterocycles. The van der Waals surface area contributed by atoms with E-state index in [4.69, 9.17) is 21.1 Å². The maximum absolute atomic E-state index is 12.4. The smallest absolute Gasteiger partial charge is 0.224 e. The molecule has 0 saturated carbocycles. The number of halogens is 1. The summed E-state index contributed by atoms with van der Waals surface area (Å²) in [5.41, 5.74) is 1.59. The van der Waals surface area contributed by atoms with Gasteiger partial charge in [-0.1, -0.05) is 41.9 Å². The second-order valence-corrected chi connectivity index (χ2v) is 6.42. The van der Waals surface area contributed by atoms with Crippen molar-refractivity contribution in [3.8, 4) is 17.2 Å². The maximum atomic E-state index is 12.4. The predicted octanol–water partition coefficient (Wildman–Crippen LogP) is 5.69. The fraction of sp³-hybridized carbons (Fsp3) is 0.136. The standard InChI is InChI=1S/C22H20ClNO3/c1-16(25)24(15-17-8-11-19(26-2)12-9-17)21-14-18(23)10-13-22(21)27-20-6-4-3-5-7-20/h3-14H,15H2,1-2H3. The molecule has 138 valence electrons. The van der Waals surface area contributed by atoms with E-state index in [0.29, 0.717) is 28.8 Å². The molecule has 0 heterocycles. The normalized spacial score (nSPS) is 10.3. The molecule has 5 heteroatoms. The number of benzene rings is 3. The summed E-state index contributed by atoms with van der Waals surface area (Å²) >= 11 is 6.20. The molecule has 0 atom stereocenters. The fourth-order valence-electron chi connectivity index (χ4n) is 2.68. The molecule has 0 N–H and O–H groups in total. The minimum Gasteiger partial charge on any atom is -0.497 e. The molecule has 0 unspecified atom stereocenters. The Morgan fingerprint density at radius 3 is 2.30 bits per heavy atom. The van der Waals surface area contributed by atoms with Gasteiger partial charge in [-0.25, -0.2) is 0 Å². The number of ether oxygens (including phenoxy) is 2. The van der Waals surface area contributed by atoms with E-state index in [9.17, 15) is 4.79 Å². The number of carbonyl (C=O) groups is 1. The Balaban J connectivity index is 1.94. The Morgan fingerprint density at radius 2 is 1.67 bits per heavy atom. The average Bonchev–Trinajstić information content (AvgIpc) is 2.68. The van der Waals surface area contributed by atoms with Crippen molar-refractivity contribution in [3.05, 3.63) is 83.4 Å². The monoisotopic (exact) mass is 381 g/mol. The summed E-state index contributed by atoms with van der Waals surface area (Å²) in [6, 6.07) is 22.3. The number of rotatable bonds is 6. The van der Waals surface area contributed by atoms with Crippen LogP contribution in [0.15, 0.2) is 72.8 Å². The van der Waals surface area contributed by atoms with Gasteiger partial charge in [0.05, 0.1) is 19.3 Å². The summed E-state index contributed by atoms with van der Waals surface area (Å²) in [6.45, 7) is 1.92. The van der Waals surface area contributed by atoms with Crippen LogP contribution in [-0.2, 0) is 11.3 Å². The van der Waals surface area contributed by atoms with Gasteiger partial charge in [0.2, 0.25) is 5.91 Å². The Morgan fingerprint density at radius 1 is 0.963 bits per heavy atom. The Labute approximate surface area is 163 Å². The maximum Gasteiger partial charge on any atom is 0.224 e. The number of para-hydroxylation sites is 1. The number of hydrogen-bond acceptors (Lipinski definition) is 3. The molecule has 0 fully saturated rings. The molecular formula is C22H20ClNO3. The SMILES string of the molecule is COc1ccc(CN(C(C)=O)c2cc(Cl)ccc2Oc2ccccc2)cc1. The molecule has 0 aromatic heterocycles. The highest BCUT2D eigenvalue weighted by Gasteiger charge is 2.18. The molecule has 1 amide bonds. The van der Waals surface area contributed by atoms with Gasteiger partial charge < -0.3 is 14.4 Å². The first-order valence-electron chi connectivity index (χ1n) is 8.50. The van der Waals surface area contributed by atoms with Crippen LogP contribution >= 0.6 is 11.6 Å². The number of anilines is 1. The van der Waals surface area contributed by atoms with Gasteiger partial charge in [-0.05, 0) is 48.0 Å². The third kappa shape index (κ3) is 4.80. The number of carbonyl (C=O) groups excluding carboxylic acids is 1. The number of amides is 1. The molecule has 0 radical (unpaired) electrons. The molecular weight excluding hydrogens is 362 g/mol. The van der Waals surface area contributed by atoms with Crippen LogP contribution in [0.25, 0.3) is 0 Å². The largest absolute Gasteiger partial charge is 0.497 e. The van der Waals surface area contributed by atoms with E-state index in [1.165, 1.54) is 6.92 Å². The van der Waals surface area contributed by atoms with Crippen molar-refractivity contribution in [2.45, 2.75) is 13.5 Å². The number of hydrogen-bond donors (Lipinski definition) is 0. The van der Waals surface area contributed by atoms with E-state index in [0.717, 1.165) is 11.3 Å². The Bertz CT molecular complexity index is 911. The Kier molecular flexibility index (Phi) is 5.99. The molecule has 0 spiro atoms. The molecule has 0 aliphatic carbocycles. The van der Waals surface area contributed by atoms with Gasteiger partial charge in [0.25, 0.3) is 0 Å². The first-order valence-corrected chi connectivity index (χ1v) is 8.88. The van der Waals surface area contributed by atoms with Crippen LogP contribution in [0.5, 0.6) is 17.2 Å². The van der Waals surface area contributed by atoms with Gasteiger partial charge in [-0.3, -0.25) is 4.79 Å². The Hall–Kier alpha value is -2.98. The number of nitrogens with zero attached hydrogens (tertiary/aromatic N) is 1.